The number of H-pyrrole nitrogens is 1. The Balaban J connectivity index is 1.73. The van der Waals surface area contributed by atoms with E-state index in [1.165, 1.54) is 17.8 Å². The van der Waals surface area contributed by atoms with Gasteiger partial charge in [0.25, 0.3) is 5.56 Å². The van der Waals surface area contributed by atoms with Crippen LogP contribution >= 0.6 is 11.8 Å². The minimum absolute atomic E-state index is 0.0277. The number of hydrogen-bond acceptors (Lipinski definition) is 5. The van der Waals surface area contributed by atoms with E-state index in [1.54, 1.807) is 25.1 Å². The maximum atomic E-state index is 12.7. The normalized spacial score (nSPS) is 12.1. The van der Waals surface area contributed by atoms with E-state index in [9.17, 15) is 9.59 Å². The summed E-state index contributed by atoms with van der Waals surface area (Å²) in [4.78, 5) is 37.3. The van der Waals surface area contributed by atoms with Gasteiger partial charge in [-0.3, -0.25) is 14.6 Å². The Bertz CT molecular complexity index is 997. The van der Waals surface area contributed by atoms with Gasteiger partial charge in [0.15, 0.2) is 5.16 Å². The van der Waals surface area contributed by atoms with Crippen molar-refractivity contribution in [3.8, 4) is 0 Å². The molecule has 1 atom stereocenters. The van der Waals surface area contributed by atoms with Crippen molar-refractivity contribution in [1.29, 1.82) is 0 Å². The number of thioether (sulfide) groups is 1. The lowest BCUT2D eigenvalue weighted by atomic mass is 10.1. The van der Waals surface area contributed by atoms with Crippen molar-refractivity contribution >= 4 is 28.6 Å². The molecule has 134 valence electrons. The summed E-state index contributed by atoms with van der Waals surface area (Å²) in [7, 11) is 1.78. The average molecular weight is 368 g/mol. The molecule has 0 unspecified atom stereocenters. The summed E-state index contributed by atoms with van der Waals surface area (Å²) in [5.41, 5.74) is 2.38. The maximum absolute atomic E-state index is 12.7. The number of carbonyl (C=O) groups is 1. The second kappa shape index (κ2) is 7.70. The van der Waals surface area contributed by atoms with E-state index in [-0.39, 0.29) is 16.7 Å². The Labute approximate surface area is 155 Å². The number of nitrogens with one attached hydrogen (secondary N) is 1. The van der Waals surface area contributed by atoms with Crippen LogP contribution < -0.4 is 5.56 Å². The van der Waals surface area contributed by atoms with Gasteiger partial charge in [-0.25, -0.2) is 4.98 Å². The van der Waals surface area contributed by atoms with Gasteiger partial charge in [0.05, 0.1) is 10.8 Å². The molecule has 1 aromatic carbocycles. The van der Waals surface area contributed by atoms with Crippen LogP contribution in [0.4, 0.5) is 0 Å². The van der Waals surface area contributed by atoms with Crippen molar-refractivity contribution < 1.29 is 4.79 Å². The number of aryl methyl sites for hydroxylation is 1. The monoisotopic (exact) mass is 368 g/mol. The predicted octanol–water partition coefficient (Wildman–Crippen LogP) is 2.77. The standard InChI is InChI=1S/C19H20N4O2S/c1-12-10-17(24)22-19(21-12)26-13(2)18(25)23(3)11-14-6-4-8-16-15(14)7-5-9-20-16/h4-10,13H,11H2,1-3H3,(H,21,22,24)/t13-/m0/s1. The molecule has 0 fully saturated rings. The molecule has 0 radical (unpaired) electrons. The highest BCUT2D eigenvalue weighted by molar-refractivity contribution is 8.00. The molecule has 3 rings (SSSR count). The van der Waals surface area contributed by atoms with E-state index in [1.807, 2.05) is 37.3 Å². The number of nitrogens with zero attached hydrogens (tertiary/aromatic N) is 3. The van der Waals surface area contributed by atoms with Crippen molar-refractivity contribution in [1.82, 2.24) is 19.9 Å². The number of amides is 1. The summed E-state index contributed by atoms with van der Waals surface area (Å²) in [5.74, 6) is -0.0277. The zero-order valence-electron chi connectivity index (χ0n) is 14.9. The molecule has 1 N–H and O–H groups in total. The van der Waals surface area contributed by atoms with E-state index >= 15 is 0 Å². The molecule has 0 bridgehead atoms. The molecule has 1 amide bonds. The van der Waals surface area contributed by atoms with Crippen LogP contribution in [0.1, 0.15) is 18.2 Å². The Morgan fingerprint density at radius 3 is 2.88 bits per heavy atom. The summed E-state index contributed by atoms with van der Waals surface area (Å²) >= 11 is 1.25. The van der Waals surface area contributed by atoms with Gasteiger partial charge in [-0.15, -0.1) is 0 Å². The topological polar surface area (TPSA) is 79.0 Å². The Morgan fingerprint density at radius 1 is 1.31 bits per heavy atom. The molecule has 0 saturated carbocycles. The van der Waals surface area contributed by atoms with Crippen molar-refractivity contribution in [2.45, 2.75) is 30.8 Å². The fraction of sp³-hybridized carbons (Fsp3) is 0.263. The molecular weight excluding hydrogens is 348 g/mol. The molecule has 26 heavy (non-hydrogen) atoms. The van der Waals surface area contributed by atoms with Crippen LogP contribution in [0.2, 0.25) is 0 Å². The lowest BCUT2D eigenvalue weighted by Crippen LogP contribution is -2.33. The largest absolute Gasteiger partial charge is 0.340 e. The van der Waals surface area contributed by atoms with Crippen molar-refractivity contribution in [2.24, 2.45) is 0 Å². The summed E-state index contributed by atoms with van der Waals surface area (Å²) in [6, 6.07) is 11.2. The number of aromatic amines is 1. The first-order chi connectivity index (χ1) is 12.4. The quantitative estimate of drug-likeness (QED) is 0.553. The van der Waals surface area contributed by atoms with Gasteiger partial charge in [0, 0.05) is 36.9 Å². The Morgan fingerprint density at radius 2 is 2.12 bits per heavy atom. The van der Waals surface area contributed by atoms with E-state index in [2.05, 4.69) is 15.0 Å². The fourth-order valence-corrected chi connectivity index (χ4v) is 3.75. The zero-order valence-corrected chi connectivity index (χ0v) is 15.7. The van der Waals surface area contributed by atoms with Gasteiger partial charge in [-0.05, 0) is 31.5 Å². The molecule has 2 heterocycles. The smallest absolute Gasteiger partial charge is 0.251 e. The summed E-state index contributed by atoms with van der Waals surface area (Å²) in [6.45, 7) is 4.06. The Kier molecular flexibility index (Phi) is 5.37. The van der Waals surface area contributed by atoms with E-state index < -0.39 is 0 Å². The molecule has 2 aromatic heterocycles. The molecule has 7 heteroatoms. The number of carbonyl (C=O) groups excluding carboxylic acids is 1. The second-order valence-corrected chi connectivity index (χ2v) is 7.46. The highest BCUT2D eigenvalue weighted by Crippen LogP contribution is 2.22. The SMILES string of the molecule is Cc1cc(=O)[nH]c(S[C@@H](C)C(=O)N(C)Cc2cccc3ncccc23)n1. The van der Waals surface area contributed by atoms with Gasteiger partial charge < -0.3 is 9.88 Å². The number of hydrogen-bond donors (Lipinski definition) is 1. The van der Waals surface area contributed by atoms with Crippen LogP contribution in [-0.2, 0) is 11.3 Å². The van der Waals surface area contributed by atoms with E-state index in [0.717, 1.165) is 16.5 Å². The van der Waals surface area contributed by atoms with Crippen LogP contribution in [0.5, 0.6) is 0 Å². The molecule has 0 aliphatic carbocycles. The molecule has 0 aliphatic heterocycles. The number of rotatable bonds is 5. The van der Waals surface area contributed by atoms with Crippen LogP contribution in [0, 0.1) is 6.92 Å². The lowest BCUT2D eigenvalue weighted by Gasteiger charge is -2.21. The maximum Gasteiger partial charge on any atom is 0.251 e. The van der Waals surface area contributed by atoms with Crippen molar-refractivity contribution in [3.05, 3.63) is 64.2 Å². The van der Waals surface area contributed by atoms with Gasteiger partial charge in [-0.1, -0.05) is 30.0 Å². The fourth-order valence-electron chi connectivity index (χ4n) is 2.77. The van der Waals surface area contributed by atoms with Crippen molar-refractivity contribution in [2.75, 3.05) is 7.05 Å². The van der Waals surface area contributed by atoms with Crippen LogP contribution in [0.25, 0.3) is 10.9 Å². The highest BCUT2D eigenvalue weighted by atomic mass is 32.2. The van der Waals surface area contributed by atoms with Gasteiger partial charge in [0.2, 0.25) is 5.91 Å². The molecule has 0 saturated heterocycles. The van der Waals surface area contributed by atoms with E-state index in [4.69, 9.17) is 0 Å². The van der Waals surface area contributed by atoms with Gasteiger partial charge in [0.1, 0.15) is 0 Å². The third-order valence-corrected chi connectivity index (χ3v) is 4.98. The number of fused-ring (bicyclic) bond motifs is 1. The summed E-state index contributed by atoms with van der Waals surface area (Å²) < 4.78 is 0. The lowest BCUT2D eigenvalue weighted by molar-refractivity contribution is -0.129. The predicted molar refractivity (Wildman–Crippen MR) is 103 cm³/mol. The molecule has 6 nitrogen and oxygen atoms in total. The summed E-state index contributed by atoms with van der Waals surface area (Å²) in [6.07, 6.45) is 1.76. The molecule has 0 spiro atoms. The zero-order chi connectivity index (χ0) is 18.7. The third kappa shape index (κ3) is 4.11. The molecule has 0 aliphatic rings. The molecule has 3 aromatic rings. The number of benzene rings is 1. The number of aromatic nitrogens is 3. The Hall–Kier alpha value is -2.67. The van der Waals surface area contributed by atoms with E-state index in [0.29, 0.717) is 17.4 Å². The first kappa shape index (κ1) is 18.1. The summed E-state index contributed by atoms with van der Waals surface area (Å²) in [5, 5.41) is 1.14. The third-order valence-electron chi connectivity index (χ3n) is 4.00. The average Bonchev–Trinajstić information content (AvgIpc) is 2.60. The minimum Gasteiger partial charge on any atom is -0.340 e. The second-order valence-electron chi connectivity index (χ2n) is 6.13. The van der Waals surface area contributed by atoms with Crippen molar-refractivity contribution in [3.63, 3.8) is 0 Å². The first-order valence-electron chi connectivity index (χ1n) is 8.26. The first-order valence-corrected chi connectivity index (χ1v) is 9.14. The van der Waals surface area contributed by atoms with Gasteiger partial charge in [-0.2, -0.15) is 0 Å². The molecular formula is C19H20N4O2S. The number of pyridine rings is 1. The highest BCUT2D eigenvalue weighted by Gasteiger charge is 2.20. The van der Waals surface area contributed by atoms with Crippen LogP contribution in [-0.4, -0.2) is 38.1 Å². The minimum atomic E-state index is -0.363. The van der Waals surface area contributed by atoms with Crippen LogP contribution in [0.15, 0.2) is 52.5 Å². The van der Waals surface area contributed by atoms with Crippen LogP contribution in [0.3, 0.4) is 0 Å². The van der Waals surface area contributed by atoms with Gasteiger partial charge >= 0.3 is 0 Å².